The number of hydrogen-bond donors (Lipinski definition) is 1. The number of aromatic nitrogens is 7. The number of aryl methyl sites for hydroxylation is 1. The van der Waals surface area contributed by atoms with Gasteiger partial charge >= 0.3 is 0 Å². The van der Waals surface area contributed by atoms with E-state index in [-0.39, 0.29) is 29.2 Å². The van der Waals surface area contributed by atoms with Crippen LogP contribution in [0.3, 0.4) is 0 Å². The van der Waals surface area contributed by atoms with E-state index in [1.165, 1.54) is 44.4 Å². The number of nitrogens with zero attached hydrogens (tertiary/aromatic N) is 7. The highest BCUT2D eigenvalue weighted by Crippen LogP contribution is 2.36. The van der Waals surface area contributed by atoms with Gasteiger partial charge in [0.1, 0.15) is 17.9 Å². The molecule has 4 heterocycles. The van der Waals surface area contributed by atoms with Crippen LogP contribution in [0.2, 0.25) is 5.02 Å². The monoisotopic (exact) mass is 534 g/mol. The van der Waals surface area contributed by atoms with E-state index in [1.54, 1.807) is 26.0 Å². The second-order valence-corrected chi connectivity index (χ2v) is 10.2. The molecule has 0 spiro atoms. The molecule has 0 fully saturated rings. The van der Waals surface area contributed by atoms with Gasteiger partial charge in [0, 0.05) is 18.3 Å². The highest BCUT2D eigenvalue weighted by molar-refractivity contribution is 7.93. The molecule has 15 heteroatoms. The third kappa shape index (κ3) is 4.81. The summed E-state index contributed by atoms with van der Waals surface area (Å²) in [5.41, 5.74) is 0.177. The summed E-state index contributed by atoms with van der Waals surface area (Å²) < 4.78 is 47.3. The summed E-state index contributed by atoms with van der Waals surface area (Å²) in [6, 6.07) is 3.42. The minimum Gasteiger partial charge on any atom is -0.479 e. The molecule has 190 valence electrons. The molecule has 0 aliphatic carbocycles. The molecule has 0 bridgehead atoms. The molecule has 13 nitrogen and oxygen atoms in total. The van der Waals surface area contributed by atoms with Crippen molar-refractivity contribution in [2.24, 2.45) is 0 Å². The van der Waals surface area contributed by atoms with Crippen molar-refractivity contribution in [3.63, 3.8) is 0 Å². The standard InChI is InChI=1S/C21H23ClN8O5S/c1-11-6-7-15(35-11)18-27-28-21(30(18)16-19(33-4)25-10-26-20(16)34-5)29-36(31,32)13(3)12(2)17-23-8-14(22)9-24-17/h6-10,12-13H,1-5H3,(H,28,29)/t12-,13-/m0/s1. The lowest BCUT2D eigenvalue weighted by molar-refractivity contribution is 0.368. The Morgan fingerprint density at radius 2 is 1.67 bits per heavy atom. The van der Waals surface area contributed by atoms with Gasteiger partial charge in [-0.3, -0.25) is 4.72 Å². The molecule has 0 radical (unpaired) electrons. The van der Waals surface area contributed by atoms with Crippen molar-refractivity contribution < 1.29 is 22.3 Å². The molecule has 0 aliphatic heterocycles. The van der Waals surface area contributed by atoms with Crippen LogP contribution in [-0.2, 0) is 10.0 Å². The first-order chi connectivity index (χ1) is 17.2. The summed E-state index contributed by atoms with van der Waals surface area (Å²) in [7, 11) is -1.23. The third-order valence-corrected chi connectivity index (χ3v) is 7.51. The number of methoxy groups -OCH3 is 2. The van der Waals surface area contributed by atoms with Crippen molar-refractivity contribution >= 4 is 27.6 Å². The molecule has 4 aromatic rings. The summed E-state index contributed by atoms with van der Waals surface area (Å²) in [5, 5.41) is 7.64. The number of furan rings is 1. The number of hydrogen-bond acceptors (Lipinski definition) is 11. The average molecular weight is 535 g/mol. The maximum Gasteiger partial charge on any atom is 0.245 e. The normalized spacial score (nSPS) is 13.3. The molecule has 2 atom stereocenters. The number of nitrogens with one attached hydrogen (secondary N) is 1. The van der Waals surface area contributed by atoms with E-state index in [4.69, 9.17) is 25.5 Å². The van der Waals surface area contributed by atoms with Gasteiger partial charge in [0.2, 0.25) is 33.6 Å². The first-order valence-corrected chi connectivity index (χ1v) is 12.5. The summed E-state index contributed by atoms with van der Waals surface area (Å²) in [6.45, 7) is 5.00. The minimum absolute atomic E-state index is 0.0996. The molecule has 0 saturated heterocycles. The van der Waals surface area contributed by atoms with Crippen molar-refractivity contribution in [3.05, 3.63) is 47.5 Å². The molecule has 0 aromatic carbocycles. The van der Waals surface area contributed by atoms with E-state index in [1.807, 2.05) is 0 Å². The topological polar surface area (TPSA) is 160 Å². The van der Waals surface area contributed by atoms with Crippen LogP contribution < -0.4 is 14.2 Å². The van der Waals surface area contributed by atoms with Crippen LogP contribution in [0, 0.1) is 6.92 Å². The molecule has 0 unspecified atom stereocenters. The van der Waals surface area contributed by atoms with Crippen LogP contribution in [-0.4, -0.2) is 62.6 Å². The largest absolute Gasteiger partial charge is 0.479 e. The molecule has 4 rings (SSSR count). The Kier molecular flexibility index (Phi) is 7.08. The first-order valence-electron chi connectivity index (χ1n) is 10.6. The van der Waals surface area contributed by atoms with E-state index in [0.29, 0.717) is 22.4 Å². The number of anilines is 1. The highest BCUT2D eigenvalue weighted by Gasteiger charge is 2.33. The van der Waals surface area contributed by atoms with Crippen LogP contribution in [0.1, 0.15) is 31.4 Å². The second kappa shape index (κ2) is 10.1. The van der Waals surface area contributed by atoms with Crippen molar-refractivity contribution in [3.8, 4) is 29.0 Å². The SMILES string of the molecule is COc1ncnc(OC)c1-n1c(NS(=O)(=O)[C@@H](C)[C@H](C)c2ncc(Cl)cn2)nnc1-c1ccc(C)o1. The van der Waals surface area contributed by atoms with Crippen molar-refractivity contribution in [1.29, 1.82) is 0 Å². The van der Waals surface area contributed by atoms with E-state index < -0.39 is 21.2 Å². The molecule has 36 heavy (non-hydrogen) atoms. The number of rotatable bonds is 9. The Hall–Kier alpha value is -3.78. The van der Waals surface area contributed by atoms with E-state index >= 15 is 0 Å². The molecule has 1 N–H and O–H groups in total. The Morgan fingerprint density at radius 1 is 1.03 bits per heavy atom. The van der Waals surface area contributed by atoms with Crippen LogP contribution in [0.25, 0.3) is 17.3 Å². The summed E-state index contributed by atoms with van der Waals surface area (Å²) in [6.07, 6.45) is 4.08. The maximum atomic E-state index is 13.4. The van der Waals surface area contributed by atoms with Crippen LogP contribution in [0.4, 0.5) is 5.95 Å². The lowest BCUT2D eigenvalue weighted by Crippen LogP contribution is -2.31. The van der Waals surface area contributed by atoms with Crippen molar-refractivity contribution in [1.82, 2.24) is 34.7 Å². The highest BCUT2D eigenvalue weighted by atomic mass is 35.5. The van der Waals surface area contributed by atoms with Crippen LogP contribution in [0.15, 0.2) is 35.3 Å². The van der Waals surface area contributed by atoms with Gasteiger partial charge in [-0.15, -0.1) is 10.2 Å². The van der Waals surface area contributed by atoms with Gasteiger partial charge in [-0.05, 0) is 26.0 Å². The van der Waals surface area contributed by atoms with E-state index in [2.05, 4.69) is 34.9 Å². The van der Waals surface area contributed by atoms with Crippen molar-refractivity contribution in [2.75, 3.05) is 18.9 Å². The Morgan fingerprint density at radius 3 is 2.22 bits per heavy atom. The minimum atomic E-state index is -4.04. The zero-order chi connectivity index (χ0) is 26.0. The molecule has 0 amide bonds. The van der Waals surface area contributed by atoms with Gasteiger partial charge in [-0.2, -0.15) is 9.97 Å². The maximum absolute atomic E-state index is 13.4. The number of halogens is 1. The summed E-state index contributed by atoms with van der Waals surface area (Å²) in [4.78, 5) is 16.5. The molecule has 4 aromatic heterocycles. The van der Waals surface area contributed by atoms with Gasteiger partial charge in [-0.25, -0.2) is 23.0 Å². The second-order valence-electron chi connectivity index (χ2n) is 7.73. The van der Waals surface area contributed by atoms with Gasteiger partial charge in [0.25, 0.3) is 0 Å². The Balaban J connectivity index is 1.81. The molecular weight excluding hydrogens is 512 g/mol. The smallest absolute Gasteiger partial charge is 0.245 e. The Labute approximate surface area is 211 Å². The fraction of sp³-hybridized carbons (Fsp3) is 0.333. The zero-order valence-corrected chi connectivity index (χ0v) is 21.6. The van der Waals surface area contributed by atoms with Crippen LogP contribution >= 0.6 is 11.6 Å². The van der Waals surface area contributed by atoms with Gasteiger partial charge in [0.15, 0.2) is 11.4 Å². The van der Waals surface area contributed by atoms with E-state index in [9.17, 15) is 8.42 Å². The van der Waals surface area contributed by atoms with Crippen LogP contribution in [0.5, 0.6) is 11.8 Å². The Bertz CT molecular complexity index is 1450. The molecule has 0 saturated carbocycles. The van der Waals surface area contributed by atoms with Gasteiger partial charge in [0.05, 0.1) is 24.5 Å². The number of sulfonamides is 1. The predicted molar refractivity (Wildman–Crippen MR) is 130 cm³/mol. The van der Waals surface area contributed by atoms with Gasteiger partial charge < -0.3 is 13.9 Å². The zero-order valence-electron chi connectivity index (χ0n) is 20.0. The lowest BCUT2D eigenvalue weighted by atomic mass is 10.1. The summed E-state index contributed by atoms with van der Waals surface area (Å²) in [5.74, 6) is 0.920. The fourth-order valence-electron chi connectivity index (χ4n) is 3.37. The average Bonchev–Trinajstić information content (AvgIpc) is 3.48. The first kappa shape index (κ1) is 25.3. The third-order valence-electron chi connectivity index (χ3n) is 5.46. The fourth-order valence-corrected chi connectivity index (χ4v) is 4.70. The lowest BCUT2D eigenvalue weighted by Gasteiger charge is -2.20. The van der Waals surface area contributed by atoms with Gasteiger partial charge in [-0.1, -0.05) is 18.5 Å². The van der Waals surface area contributed by atoms with Crippen molar-refractivity contribution in [2.45, 2.75) is 31.9 Å². The summed E-state index contributed by atoms with van der Waals surface area (Å²) >= 11 is 5.86. The quantitative estimate of drug-likeness (QED) is 0.336. The predicted octanol–water partition coefficient (Wildman–Crippen LogP) is 3.02. The van der Waals surface area contributed by atoms with E-state index in [0.717, 1.165) is 0 Å². The number of ether oxygens (including phenoxy) is 2. The molecule has 0 aliphatic rings. The molecular formula is C21H23ClN8O5S.